The van der Waals surface area contributed by atoms with Crippen LogP contribution in [0.5, 0.6) is 11.6 Å². The maximum Gasteiger partial charge on any atom is 0.304 e. The number of carboxylic acid groups (broad SMARTS) is 1. The largest absolute Gasteiger partial charge is 0.489 e. The van der Waals surface area contributed by atoms with E-state index in [2.05, 4.69) is 47.3 Å². The summed E-state index contributed by atoms with van der Waals surface area (Å²) in [5.74, 6) is 5.90. The van der Waals surface area contributed by atoms with E-state index in [9.17, 15) is 4.79 Å². The van der Waals surface area contributed by atoms with Gasteiger partial charge in [0, 0.05) is 40.6 Å². The van der Waals surface area contributed by atoms with Crippen molar-refractivity contribution in [1.82, 2.24) is 4.98 Å². The molecule has 0 spiro atoms. The quantitative estimate of drug-likeness (QED) is 0.183. The van der Waals surface area contributed by atoms with Crippen LogP contribution < -0.4 is 9.47 Å². The Morgan fingerprint density at radius 3 is 2.59 bits per heavy atom. The molecule has 7 heteroatoms. The van der Waals surface area contributed by atoms with Crippen LogP contribution in [0, 0.1) is 18.8 Å². The van der Waals surface area contributed by atoms with Gasteiger partial charge in [0.05, 0.1) is 18.9 Å². The number of carbonyl (C=O) groups is 1. The Bertz CT molecular complexity index is 1430. The number of rotatable bonds is 11. The average Bonchev–Trinajstić information content (AvgIpc) is 3.30. The number of hydrogen-bond acceptors (Lipinski definition) is 6. The first-order chi connectivity index (χ1) is 18.0. The first kappa shape index (κ1) is 26.2. The third-order valence-corrected chi connectivity index (χ3v) is 6.90. The summed E-state index contributed by atoms with van der Waals surface area (Å²) in [6.45, 7) is 5.18. The van der Waals surface area contributed by atoms with Crippen molar-refractivity contribution in [3.8, 4) is 34.6 Å². The summed E-state index contributed by atoms with van der Waals surface area (Å²) in [6.07, 6.45) is 1.84. The van der Waals surface area contributed by atoms with E-state index in [1.54, 1.807) is 25.4 Å². The van der Waals surface area contributed by atoms with E-state index in [4.69, 9.17) is 19.3 Å². The lowest BCUT2D eigenvalue weighted by atomic mass is 9.96. The van der Waals surface area contributed by atoms with Gasteiger partial charge in [-0.2, -0.15) is 0 Å². The number of thiophene rings is 1. The van der Waals surface area contributed by atoms with Gasteiger partial charge in [-0.15, -0.1) is 17.3 Å². The van der Waals surface area contributed by atoms with E-state index in [1.807, 2.05) is 36.5 Å². The zero-order chi connectivity index (χ0) is 26.2. The monoisotopic (exact) mass is 515 g/mol. The molecule has 190 valence electrons. The molecule has 37 heavy (non-hydrogen) atoms. The van der Waals surface area contributed by atoms with E-state index in [0.29, 0.717) is 25.7 Å². The van der Waals surface area contributed by atoms with Crippen LogP contribution in [-0.2, 0) is 16.1 Å². The minimum absolute atomic E-state index is 0.0252. The molecule has 4 rings (SSSR count). The van der Waals surface area contributed by atoms with Crippen LogP contribution in [0.3, 0.4) is 0 Å². The number of fused-ring (bicyclic) bond motifs is 1. The molecule has 4 aromatic rings. The summed E-state index contributed by atoms with van der Waals surface area (Å²) >= 11 is 1.70. The summed E-state index contributed by atoms with van der Waals surface area (Å²) < 4.78 is 17.9. The van der Waals surface area contributed by atoms with Gasteiger partial charge in [-0.1, -0.05) is 24.1 Å². The standard InChI is InChI=1S/C30H29NO5S/c1-4-5-23(16-30(32)33)22-7-9-24(10-8-22)36-18-21-6-11-28-25(15-21)27(19-37-28)26-17-31-29(14-20(26)2)35-13-12-34-3/h6-11,14-15,17,19,23H,12-13,16,18H2,1-3H3,(H,32,33)/t23-/m0/s1. The summed E-state index contributed by atoms with van der Waals surface area (Å²) in [6, 6.07) is 15.8. The summed E-state index contributed by atoms with van der Waals surface area (Å²) in [5.41, 5.74) is 5.23. The molecule has 0 fully saturated rings. The van der Waals surface area contributed by atoms with Crippen molar-refractivity contribution in [3.63, 3.8) is 0 Å². The smallest absolute Gasteiger partial charge is 0.304 e. The van der Waals surface area contributed by atoms with Gasteiger partial charge in [0.1, 0.15) is 19.0 Å². The normalized spacial score (nSPS) is 11.5. The Kier molecular flexibility index (Phi) is 8.78. The number of methoxy groups -OCH3 is 1. The molecule has 2 aromatic heterocycles. The molecule has 0 aliphatic heterocycles. The van der Waals surface area contributed by atoms with E-state index in [1.165, 1.54) is 4.70 Å². The third kappa shape index (κ3) is 6.67. The second kappa shape index (κ2) is 12.4. The molecular weight excluding hydrogens is 486 g/mol. The Morgan fingerprint density at radius 1 is 1.08 bits per heavy atom. The Balaban J connectivity index is 1.48. The molecule has 0 bridgehead atoms. The molecule has 1 atom stereocenters. The topological polar surface area (TPSA) is 77.9 Å². The number of hydrogen-bond donors (Lipinski definition) is 1. The minimum atomic E-state index is -0.867. The fourth-order valence-electron chi connectivity index (χ4n) is 4.06. The van der Waals surface area contributed by atoms with Crippen LogP contribution in [0.25, 0.3) is 21.2 Å². The molecule has 6 nitrogen and oxygen atoms in total. The molecule has 0 aliphatic rings. The van der Waals surface area contributed by atoms with Crippen molar-refractivity contribution < 1.29 is 24.1 Å². The minimum Gasteiger partial charge on any atom is -0.489 e. The van der Waals surface area contributed by atoms with E-state index < -0.39 is 5.97 Å². The Morgan fingerprint density at radius 2 is 1.89 bits per heavy atom. The number of aliphatic carboxylic acids is 1. The lowest BCUT2D eigenvalue weighted by Gasteiger charge is -2.11. The van der Waals surface area contributed by atoms with Crippen LogP contribution in [0.15, 0.2) is 60.1 Å². The van der Waals surface area contributed by atoms with Crippen molar-refractivity contribution >= 4 is 27.4 Å². The van der Waals surface area contributed by atoms with Crippen LogP contribution in [0.4, 0.5) is 0 Å². The van der Waals surface area contributed by atoms with Crippen molar-refractivity contribution in [3.05, 3.63) is 76.8 Å². The molecule has 0 amide bonds. The van der Waals surface area contributed by atoms with Gasteiger partial charge in [0.15, 0.2) is 0 Å². The lowest BCUT2D eigenvalue weighted by molar-refractivity contribution is -0.137. The number of nitrogens with zero attached hydrogens (tertiary/aromatic N) is 1. The average molecular weight is 516 g/mol. The maximum atomic E-state index is 11.1. The molecule has 0 saturated heterocycles. The number of aromatic nitrogens is 1. The van der Waals surface area contributed by atoms with Crippen LogP contribution in [-0.4, -0.2) is 36.4 Å². The van der Waals surface area contributed by atoms with Gasteiger partial charge >= 0.3 is 5.97 Å². The molecular formula is C30H29NO5S. The van der Waals surface area contributed by atoms with Gasteiger partial charge in [0.2, 0.25) is 5.88 Å². The number of pyridine rings is 1. The van der Waals surface area contributed by atoms with E-state index in [0.717, 1.165) is 39.0 Å². The number of carboxylic acids is 1. The molecule has 1 N–H and O–H groups in total. The zero-order valence-corrected chi connectivity index (χ0v) is 21.9. The van der Waals surface area contributed by atoms with E-state index in [-0.39, 0.29) is 12.3 Å². The number of ether oxygens (including phenoxy) is 3. The Hall–Kier alpha value is -3.86. The zero-order valence-electron chi connectivity index (χ0n) is 21.1. The molecule has 2 aromatic carbocycles. The second-order valence-corrected chi connectivity index (χ2v) is 9.47. The van der Waals surface area contributed by atoms with Crippen molar-refractivity contribution in [2.45, 2.75) is 32.8 Å². The lowest BCUT2D eigenvalue weighted by Crippen LogP contribution is -2.05. The molecule has 0 radical (unpaired) electrons. The summed E-state index contributed by atoms with van der Waals surface area (Å²) in [7, 11) is 1.64. The highest BCUT2D eigenvalue weighted by atomic mass is 32.1. The SMILES string of the molecule is CC#C[C@@H](CC(=O)O)c1ccc(OCc2ccc3scc(-c4cnc(OCCOC)cc4C)c3c2)cc1. The highest BCUT2D eigenvalue weighted by Gasteiger charge is 2.14. The number of benzene rings is 2. The van der Waals surface area contributed by atoms with Gasteiger partial charge < -0.3 is 19.3 Å². The summed E-state index contributed by atoms with van der Waals surface area (Å²) in [4.78, 5) is 15.6. The molecule has 0 aliphatic carbocycles. The van der Waals surface area contributed by atoms with Gasteiger partial charge in [-0.25, -0.2) is 4.98 Å². The number of aryl methyl sites for hydroxylation is 1. The van der Waals surface area contributed by atoms with Crippen molar-refractivity contribution in [2.24, 2.45) is 0 Å². The van der Waals surface area contributed by atoms with Gasteiger partial charge in [-0.05, 0) is 60.2 Å². The fraction of sp³-hybridized carbons (Fsp3) is 0.267. The van der Waals surface area contributed by atoms with Crippen molar-refractivity contribution in [2.75, 3.05) is 20.3 Å². The predicted molar refractivity (Wildman–Crippen MR) is 146 cm³/mol. The third-order valence-electron chi connectivity index (χ3n) is 5.94. The first-order valence-corrected chi connectivity index (χ1v) is 12.8. The predicted octanol–water partition coefficient (Wildman–Crippen LogP) is 6.46. The van der Waals surface area contributed by atoms with Crippen molar-refractivity contribution in [1.29, 1.82) is 0 Å². The van der Waals surface area contributed by atoms with Crippen LogP contribution in [0.1, 0.15) is 36.0 Å². The van der Waals surface area contributed by atoms with Crippen LogP contribution >= 0.6 is 11.3 Å². The maximum absolute atomic E-state index is 11.1. The molecule has 0 unspecified atom stereocenters. The van der Waals surface area contributed by atoms with Gasteiger partial charge in [-0.3, -0.25) is 4.79 Å². The fourth-order valence-corrected chi connectivity index (χ4v) is 5.00. The second-order valence-electron chi connectivity index (χ2n) is 8.56. The van der Waals surface area contributed by atoms with Gasteiger partial charge in [0.25, 0.3) is 0 Å². The van der Waals surface area contributed by atoms with E-state index >= 15 is 0 Å². The molecule has 0 saturated carbocycles. The molecule has 2 heterocycles. The first-order valence-electron chi connectivity index (χ1n) is 11.9. The highest BCUT2D eigenvalue weighted by Crippen LogP contribution is 2.36. The highest BCUT2D eigenvalue weighted by molar-refractivity contribution is 7.17. The summed E-state index contributed by atoms with van der Waals surface area (Å²) in [5, 5.41) is 12.5. The van der Waals surface area contributed by atoms with Crippen LogP contribution in [0.2, 0.25) is 0 Å². The Labute approximate surface area is 220 Å².